The summed E-state index contributed by atoms with van der Waals surface area (Å²) in [6.07, 6.45) is 3.63. The van der Waals surface area contributed by atoms with Gasteiger partial charge in [0, 0.05) is 18.7 Å². The Morgan fingerprint density at radius 2 is 2.04 bits per heavy atom. The summed E-state index contributed by atoms with van der Waals surface area (Å²) in [6, 6.07) is 6.34. The summed E-state index contributed by atoms with van der Waals surface area (Å²) < 4.78 is 27.6. The first-order valence-electron chi connectivity index (χ1n) is 9.23. The molecular formula is C20H27N3O3S. The Balaban J connectivity index is 1.73. The van der Waals surface area contributed by atoms with Crippen LogP contribution in [-0.4, -0.2) is 26.7 Å². The van der Waals surface area contributed by atoms with E-state index in [-0.39, 0.29) is 28.1 Å². The number of carbonyl (C=O) groups is 1. The van der Waals surface area contributed by atoms with E-state index >= 15 is 0 Å². The SMILES string of the molecule is CC(C)=CC1C(C(=O)Nc2cccc(S(=O)(=O)NC3=NCCC3)c2)C1(C)C. The Kier molecular flexibility index (Phi) is 5.16. The van der Waals surface area contributed by atoms with Gasteiger partial charge in [0.1, 0.15) is 5.84 Å². The molecule has 0 spiro atoms. The highest BCUT2D eigenvalue weighted by molar-refractivity contribution is 7.90. The summed E-state index contributed by atoms with van der Waals surface area (Å²) in [5.41, 5.74) is 1.58. The summed E-state index contributed by atoms with van der Waals surface area (Å²) in [7, 11) is -3.70. The van der Waals surface area contributed by atoms with Crippen LogP contribution in [0.3, 0.4) is 0 Å². The van der Waals surface area contributed by atoms with Crippen LogP contribution in [-0.2, 0) is 14.8 Å². The average molecular weight is 390 g/mol. The average Bonchev–Trinajstić information content (AvgIpc) is 2.91. The van der Waals surface area contributed by atoms with Gasteiger partial charge in [-0.25, -0.2) is 8.42 Å². The zero-order valence-corrected chi connectivity index (χ0v) is 17.1. The number of aliphatic imine (C=N–C) groups is 1. The van der Waals surface area contributed by atoms with Crippen molar-refractivity contribution < 1.29 is 13.2 Å². The Bertz CT molecular complexity index is 912. The van der Waals surface area contributed by atoms with Crippen LogP contribution < -0.4 is 10.0 Å². The van der Waals surface area contributed by atoms with Crippen LogP contribution >= 0.6 is 0 Å². The van der Waals surface area contributed by atoms with Gasteiger partial charge in [0.2, 0.25) is 5.91 Å². The van der Waals surface area contributed by atoms with E-state index in [0.29, 0.717) is 24.5 Å². The lowest BCUT2D eigenvalue weighted by molar-refractivity contribution is -0.118. The number of rotatable bonds is 5. The zero-order valence-electron chi connectivity index (χ0n) is 16.2. The zero-order chi connectivity index (χ0) is 19.8. The maximum absolute atomic E-state index is 12.7. The fourth-order valence-corrected chi connectivity index (χ4v) is 4.78. The van der Waals surface area contributed by atoms with Gasteiger partial charge < -0.3 is 5.32 Å². The quantitative estimate of drug-likeness (QED) is 0.757. The molecule has 0 aromatic heterocycles. The summed E-state index contributed by atoms with van der Waals surface area (Å²) in [5, 5.41) is 2.88. The van der Waals surface area contributed by atoms with Gasteiger partial charge >= 0.3 is 0 Å². The molecule has 27 heavy (non-hydrogen) atoms. The monoisotopic (exact) mass is 389 g/mol. The molecule has 0 bridgehead atoms. The molecule has 0 radical (unpaired) electrons. The summed E-state index contributed by atoms with van der Waals surface area (Å²) in [6.45, 7) is 8.86. The molecule has 2 N–H and O–H groups in total. The van der Waals surface area contributed by atoms with Crippen molar-refractivity contribution in [2.45, 2.75) is 45.4 Å². The third-order valence-electron chi connectivity index (χ3n) is 5.24. The first kappa shape index (κ1) is 19.6. The molecule has 1 fully saturated rings. The number of amidine groups is 1. The Morgan fingerprint density at radius 1 is 1.30 bits per heavy atom. The first-order chi connectivity index (χ1) is 12.6. The number of nitrogens with zero attached hydrogens (tertiary/aromatic N) is 1. The topological polar surface area (TPSA) is 87.6 Å². The minimum absolute atomic E-state index is 0.0785. The number of allylic oxidation sites excluding steroid dienone is 2. The van der Waals surface area contributed by atoms with Crippen LogP contribution in [0.1, 0.15) is 40.5 Å². The van der Waals surface area contributed by atoms with E-state index in [1.54, 1.807) is 12.1 Å². The lowest BCUT2D eigenvalue weighted by atomic mass is 10.1. The molecule has 6 nitrogen and oxygen atoms in total. The van der Waals surface area contributed by atoms with Gasteiger partial charge in [-0.15, -0.1) is 0 Å². The van der Waals surface area contributed by atoms with Gasteiger partial charge in [-0.2, -0.15) is 0 Å². The third kappa shape index (κ3) is 4.24. The Labute approximate surface area is 161 Å². The molecule has 2 unspecified atom stereocenters. The fourth-order valence-electron chi connectivity index (χ4n) is 3.65. The smallest absolute Gasteiger partial charge is 0.262 e. The molecule has 2 aliphatic rings. The summed E-state index contributed by atoms with van der Waals surface area (Å²) in [5.74, 6) is 0.508. The molecule has 1 saturated carbocycles. The normalized spacial score (nSPS) is 23.3. The third-order valence-corrected chi connectivity index (χ3v) is 6.62. The van der Waals surface area contributed by atoms with E-state index in [9.17, 15) is 13.2 Å². The largest absolute Gasteiger partial charge is 0.326 e. The van der Waals surface area contributed by atoms with Crippen LogP contribution in [0.2, 0.25) is 0 Å². The molecule has 1 aromatic rings. The van der Waals surface area contributed by atoms with Gasteiger partial charge in [0.05, 0.1) is 10.8 Å². The number of sulfonamides is 1. The number of benzene rings is 1. The summed E-state index contributed by atoms with van der Waals surface area (Å²) in [4.78, 5) is 17.0. The minimum atomic E-state index is -3.70. The van der Waals surface area contributed by atoms with E-state index in [4.69, 9.17) is 0 Å². The maximum Gasteiger partial charge on any atom is 0.262 e. The second-order valence-electron chi connectivity index (χ2n) is 8.12. The number of amides is 1. The van der Waals surface area contributed by atoms with Crippen molar-refractivity contribution in [2.75, 3.05) is 11.9 Å². The first-order valence-corrected chi connectivity index (χ1v) is 10.7. The van der Waals surface area contributed by atoms with Crippen molar-refractivity contribution in [3.8, 4) is 0 Å². The molecule has 1 aliphatic carbocycles. The number of anilines is 1. The number of carbonyl (C=O) groups excluding carboxylic acids is 1. The molecule has 2 atom stereocenters. The lowest BCUT2D eigenvalue weighted by Crippen LogP contribution is -2.29. The second kappa shape index (κ2) is 7.11. The van der Waals surface area contributed by atoms with Crippen molar-refractivity contribution in [3.05, 3.63) is 35.9 Å². The van der Waals surface area contributed by atoms with Crippen LogP contribution in [0.4, 0.5) is 5.69 Å². The van der Waals surface area contributed by atoms with Crippen molar-refractivity contribution in [1.29, 1.82) is 0 Å². The number of nitrogens with one attached hydrogen (secondary N) is 2. The van der Waals surface area contributed by atoms with E-state index in [0.717, 1.165) is 6.42 Å². The molecule has 1 heterocycles. The second-order valence-corrected chi connectivity index (χ2v) is 9.81. The minimum Gasteiger partial charge on any atom is -0.326 e. The molecule has 1 aliphatic heterocycles. The molecule has 0 saturated heterocycles. The van der Waals surface area contributed by atoms with E-state index in [1.807, 2.05) is 13.8 Å². The Morgan fingerprint density at radius 3 is 2.67 bits per heavy atom. The highest BCUT2D eigenvalue weighted by Gasteiger charge is 2.60. The molecule has 3 rings (SSSR count). The predicted octanol–water partition coefficient (Wildman–Crippen LogP) is 3.33. The van der Waals surface area contributed by atoms with Gasteiger partial charge in [0.25, 0.3) is 10.0 Å². The highest BCUT2D eigenvalue weighted by atomic mass is 32.2. The highest BCUT2D eigenvalue weighted by Crippen LogP contribution is 2.59. The molecule has 1 aromatic carbocycles. The predicted molar refractivity (Wildman–Crippen MR) is 107 cm³/mol. The summed E-state index contributed by atoms with van der Waals surface area (Å²) >= 11 is 0. The van der Waals surface area contributed by atoms with Crippen molar-refractivity contribution in [3.63, 3.8) is 0 Å². The maximum atomic E-state index is 12.7. The van der Waals surface area contributed by atoms with E-state index in [1.165, 1.54) is 17.7 Å². The lowest BCUT2D eigenvalue weighted by Gasteiger charge is -2.10. The van der Waals surface area contributed by atoms with Crippen molar-refractivity contribution in [2.24, 2.45) is 22.2 Å². The van der Waals surface area contributed by atoms with Crippen LogP contribution in [0.15, 0.2) is 45.8 Å². The molecule has 146 valence electrons. The standard InChI is InChI=1S/C20H27N3O3S/c1-13(2)11-16-18(20(16,3)4)19(24)22-14-7-5-8-15(12-14)27(25,26)23-17-9-6-10-21-17/h5,7-8,11-12,16,18H,6,9-10H2,1-4H3,(H,21,23)(H,22,24). The van der Waals surface area contributed by atoms with Crippen LogP contribution in [0.5, 0.6) is 0 Å². The van der Waals surface area contributed by atoms with Gasteiger partial charge in [-0.1, -0.05) is 31.6 Å². The number of hydrogen-bond acceptors (Lipinski definition) is 4. The van der Waals surface area contributed by atoms with Crippen LogP contribution in [0, 0.1) is 17.3 Å². The fraction of sp³-hybridized carbons (Fsp3) is 0.500. The van der Waals surface area contributed by atoms with Crippen molar-refractivity contribution in [1.82, 2.24) is 4.72 Å². The van der Waals surface area contributed by atoms with Gasteiger partial charge in [-0.3, -0.25) is 14.5 Å². The van der Waals surface area contributed by atoms with Gasteiger partial charge in [-0.05, 0) is 49.8 Å². The number of hydrogen-bond donors (Lipinski definition) is 2. The molecule has 1 amide bonds. The Hall–Kier alpha value is -2.15. The van der Waals surface area contributed by atoms with E-state index in [2.05, 4.69) is 35.0 Å². The van der Waals surface area contributed by atoms with Gasteiger partial charge in [0.15, 0.2) is 0 Å². The van der Waals surface area contributed by atoms with E-state index < -0.39 is 10.0 Å². The molecule has 7 heteroatoms. The van der Waals surface area contributed by atoms with Crippen molar-refractivity contribution >= 4 is 27.5 Å². The van der Waals surface area contributed by atoms with Crippen LogP contribution in [0.25, 0.3) is 0 Å². The molecular weight excluding hydrogens is 362 g/mol.